The number of benzene rings is 2. The maximum Gasteiger partial charge on any atom is 0.217 e. The largest absolute Gasteiger partial charge is 0.507 e. The molecule has 3 rings (SSSR count). The number of rotatable bonds is 10. The molecule has 0 aliphatic heterocycles. The number of nitriles is 1. The van der Waals surface area contributed by atoms with Gasteiger partial charge in [-0.2, -0.15) is 10.4 Å². The van der Waals surface area contributed by atoms with Gasteiger partial charge in [0.1, 0.15) is 11.5 Å². The summed E-state index contributed by atoms with van der Waals surface area (Å²) >= 11 is 6.03. The number of halogens is 1. The van der Waals surface area contributed by atoms with E-state index in [0.29, 0.717) is 67.3 Å². The second-order valence-corrected chi connectivity index (χ2v) is 7.24. The van der Waals surface area contributed by atoms with Crippen LogP contribution in [0.25, 0.3) is 27.2 Å². The van der Waals surface area contributed by atoms with Gasteiger partial charge in [-0.1, -0.05) is 17.7 Å². The molecule has 0 amide bonds. The Balaban J connectivity index is 1.93. The van der Waals surface area contributed by atoms with Crippen molar-refractivity contribution in [3.8, 4) is 51.5 Å². The third kappa shape index (κ3) is 5.42. The molecule has 2 aromatic carbocycles. The van der Waals surface area contributed by atoms with Crippen molar-refractivity contribution in [1.82, 2.24) is 10.2 Å². The highest BCUT2D eigenvalue weighted by molar-refractivity contribution is 6.32. The Bertz CT molecular complexity index is 1160. The highest BCUT2D eigenvalue weighted by Crippen LogP contribution is 2.41. The lowest BCUT2D eigenvalue weighted by molar-refractivity contribution is 0.266. The Labute approximate surface area is 190 Å². The summed E-state index contributed by atoms with van der Waals surface area (Å²) < 4.78 is 11.7. The number of ether oxygens (including phenoxy) is 2. The maximum absolute atomic E-state index is 10.3. The predicted octanol–water partition coefficient (Wildman–Crippen LogP) is 5.18. The molecule has 0 fully saturated rings. The minimum Gasteiger partial charge on any atom is -0.507 e. The quantitative estimate of drug-likeness (QED) is 0.288. The van der Waals surface area contributed by atoms with Gasteiger partial charge in [0, 0.05) is 23.6 Å². The zero-order valence-electron chi connectivity index (χ0n) is 17.1. The number of aromatic amines is 1. The third-order valence-corrected chi connectivity index (χ3v) is 4.89. The summed E-state index contributed by atoms with van der Waals surface area (Å²) in [5, 5.41) is 35.8. The molecule has 3 aromatic rings. The molecular weight excluding hydrogens is 432 g/mol. The molecule has 0 saturated heterocycles. The van der Waals surface area contributed by atoms with E-state index in [1.807, 2.05) is 6.07 Å². The fourth-order valence-corrected chi connectivity index (χ4v) is 3.19. The summed E-state index contributed by atoms with van der Waals surface area (Å²) in [7, 11) is 0. The summed E-state index contributed by atoms with van der Waals surface area (Å²) in [6.45, 7) is 8.00. The summed E-state index contributed by atoms with van der Waals surface area (Å²) in [6, 6.07) is 10.1. The first kappa shape index (κ1) is 22.8. The zero-order chi connectivity index (χ0) is 22.9. The zero-order valence-corrected chi connectivity index (χ0v) is 17.9. The maximum atomic E-state index is 10.3. The van der Waals surface area contributed by atoms with Crippen LogP contribution in [0.2, 0.25) is 5.02 Å². The Hall–Kier alpha value is -3.88. The summed E-state index contributed by atoms with van der Waals surface area (Å²) in [6.07, 6.45) is 3.19. The van der Waals surface area contributed by atoms with Gasteiger partial charge in [0.2, 0.25) is 6.54 Å². The van der Waals surface area contributed by atoms with Crippen molar-refractivity contribution in [3.05, 3.63) is 53.0 Å². The normalized spacial score (nSPS) is 10.3. The van der Waals surface area contributed by atoms with Crippen LogP contribution in [0.3, 0.4) is 0 Å². The number of nitrogens with one attached hydrogen (secondary N) is 1. The fraction of sp³-hybridized carbons (Fsp3) is 0.261. The monoisotopic (exact) mass is 452 g/mol. The molecule has 0 radical (unpaired) electrons. The van der Waals surface area contributed by atoms with Crippen molar-refractivity contribution < 1.29 is 19.7 Å². The molecule has 0 unspecified atom stereocenters. The number of H-pyrrole nitrogens is 1. The van der Waals surface area contributed by atoms with Crippen LogP contribution in [0.1, 0.15) is 19.3 Å². The van der Waals surface area contributed by atoms with Gasteiger partial charge in [0.15, 0.2) is 11.5 Å². The number of hydrogen-bond acceptors (Lipinski definition) is 6. The van der Waals surface area contributed by atoms with E-state index in [2.05, 4.69) is 21.1 Å². The van der Waals surface area contributed by atoms with Gasteiger partial charge in [0.05, 0.1) is 42.6 Å². The Morgan fingerprint density at radius 1 is 1.06 bits per heavy atom. The molecule has 0 spiro atoms. The van der Waals surface area contributed by atoms with Crippen LogP contribution in [0.4, 0.5) is 0 Å². The van der Waals surface area contributed by atoms with E-state index in [0.717, 1.165) is 5.56 Å². The van der Waals surface area contributed by atoms with Gasteiger partial charge in [-0.05, 0) is 30.2 Å². The van der Waals surface area contributed by atoms with Gasteiger partial charge in [-0.3, -0.25) is 5.10 Å². The van der Waals surface area contributed by atoms with Crippen molar-refractivity contribution in [2.45, 2.75) is 19.3 Å². The van der Waals surface area contributed by atoms with Crippen LogP contribution < -0.4 is 9.47 Å². The van der Waals surface area contributed by atoms with Crippen LogP contribution in [0.5, 0.6) is 23.0 Å². The van der Waals surface area contributed by atoms with Gasteiger partial charge in [-0.15, -0.1) is 0 Å². The first-order chi connectivity index (χ1) is 15.5. The van der Waals surface area contributed by atoms with E-state index in [1.165, 1.54) is 12.1 Å². The van der Waals surface area contributed by atoms with Gasteiger partial charge in [0.25, 0.3) is 0 Å². The molecule has 1 aromatic heterocycles. The van der Waals surface area contributed by atoms with Gasteiger partial charge in [-0.25, -0.2) is 6.57 Å². The fourth-order valence-electron chi connectivity index (χ4n) is 3.03. The molecule has 164 valence electrons. The molecule has 0 atom stereocenters. The number of phenols is 2. The topological polar surface area (TPSA) is 116 Å². The lowest BCUT2D eigenvalue weighted by Crippen LogP contribution is -2.03. The van der Waals surface area contributed by atoms with Crippen LogP contribution >= 0.6 is 11.6 Å². The molecule has 0 aliphatic carbocycles. The van der Waals surface area contributed by atoms with E-state index < -0.39 is 0 Å². The lowest BCUT2D eigenvalue weighted by Gasteiger charge is -2.14. The standard InChI is InChI=1S/C23H21ClN4O4/c1-26-8-4-10-32-22-11-15(5-6-21(22)31-9-3-2-7-25)17-14-27-28-23(17)16-12-18(24)20(30)13-19(16)29/h5-6,11-14,29-30H,2-4,8-10H2,(H,27,28). The van der Waals surface area contributed by atoms with Crippen molar-refractivity contribution in [1.29, 1.82) is 5.26 Å². The predicted molar refractivity (Wildman–Crippen MR) is 120 cm³/mol. The summed E-state index contributed by atoms with van der Waals surface area (Å²) in [5.41, 5.74) is 2.34. The second kappa shape index (κ2) is 10.9. The Morgan fingerprint density at radius 2 is 1.84 bits per heavy atom. The first-order valence-electron chi connectivity index (χ1n) is 9.90. The average molecular weight is 453 g/mol. The number of nitrogens with zero attached hydrogens (tertiary/aromatic N) is 3. The van der Waals surface area contributed by atoms with E-state index in [1.54, 1.807) is 18.3 Å². The smallest absolute Gasteiger partial charge is 0.217 e. The van der Waals surface area contributed by atoms with Gasteiger partial charge < -0.3 is 24.5 Å². The lowest BCUT2D eigenvalue weighted by atomic mass is 10.0. The second-order valence-electron chi connectivity index (χ2n) is 6.83. The average Bonchev–Trinajstić information content (AvgIpc) is 3.27. The molecule has 0 aliphatic rings. The molecule has 9 heteroatoms. The van der Waals surface area contributed by atoms with Gasteiger partial charge >= 0.3 is 0 Å². The Kier molecular flexibility index (Phi) is 7.80. The molecule has 0 saturated carbocycles. The van der Waals surface area contributed by atoms with E-state index in [4.69, 9.17) is 32.9 Å². The molecule has 32 heavy (non-hydrogen) atoms. The van der Waals surface area contributed by atoms with E-state index in [9.17, 15) is 10.2 Å². The molecule has 0 bridgehead atoms. The van der Waals surface area contributed by atoms with Crippen molar-refractivity contribution in [2.75, 3.05) is 19.8 Å². The minimum absolute atomic E-state index is 0.100. The highest BCUT2D eigenvalue weighted by Gasteiger charge is 2.17. The van der Waals surface area contributed by atoms with E-state index in [-0.39, 0.29) is 16.5 Å². The number of aromatic hydroxyl groups is 2. The van der Waals surface area contributed by atoms with Crippen molar-refractivity contribution in [2.24, 2.45) is 0 Å². The highest BCUT2D eigenvalue weighted by atomic mass is 35.5. The molecular formula is C23H21ClN4O4. The number of aromatic nitrogens is 2. The van der Waals surface area contributed by atoms with Crippen molar-refractivity contribution >= 4 is 11.6 Å². The SMILES string of the molecule is [C-]#[N+]CCCOc1cc(-c2cn[nH]c2-c2cc(Cl)c(O)cc2O)ccc1OCCCC#N. The third-order valence-electron chi connectivity index (χ3n) is 4.59. The molecule has 1 heterocycles. The summed E-state index contributed by atoms with van der Waals surface area (Å²) in [5.74, 6) is 0.673. The van der Waals surface area contributed by atoms with E-state index >= 15 is 0 Å². The molecule has 8 nitrogen and oxygen atoms in total. The van der Waals surface area contributed by atoms with Crippen LogP contribution in [0, 0.1) is 17.9 Å². The van der Waals surface area contributed by atoms with Crippen LogP contribution in [-0.2, 0) is 0 Å². The van der Waals surface area contributed by atoms with Crippen LogP contribution in [0.15, 0.2) is 36.5 Å². The molecule has 3 N–H and O–H groups in total. The number of hydrogen-bond donors (Lipinski definition) is 3. The Morgan fingerprint density at radius 3 is 2.62 bits per heavy atom. The minimum atomic E-state index is -0.220. The number of phenolic OH excluding ortho intramolecular Hbond substituents is 2. The number of unbranched alkanes of at least 4 members (excludes halogenated alkanes) is 1. The summed E-state index contributed by atoms with van der Waals surface area (Å²) in [4.78, 5) is 3.33. The van der Waals surface area contributed by atoms with Crippen LogP contribution in [-0.4, -0.2) is 40.2 Å². The van der Waals surface area contributed by atoms with Crippen molar-refractivity contribution in [3.63, 3.8) is 0 Å². The first-order valence-corrected chi connectivity index (χ1v) is 10.3.